The molecule has 0 bridgehead atoms. The van der Waals surface area contributed by atoms with Crippen LogP contribution in [0.2, 0.25) is 0 Å². The fraction of sp³-hybridized carbons (Fsp3) is 0.267. The van der Waals surface area contributed by atoms with Crippen LogP contribution in [-0.4, -0.2) is 40.6 Å². The average molecular weight is 506 g/mol. The summed E-state index contributed by atoms with van der Waals surface area (Å²) < 4.78 is 1.44. The fourth-order valence-corrected chi connectivity index (χ4v) is 4.29. The van der Waals surface area contributed by atoms with Crippen molar-refractivity contribution in [1.82, 2.24) is 10.6 Å². The Morgan fingerprint density at radius 2 is 1.88 bits per heavy atom. The molecule has 11 heteroatoms. The Kier molecular flexibility index (Phi) is 6.95. The minimum Gasteiger partial charge on any atom is -0.337 e. The molecule has 8 nitrogen and oxygen atoms in total. The summed E-state index contributed by atoms with van der Waals surface area (Å²) in [6.45, 7) is 3.12. The number of halogens is 2. The number of aryl methyl sites for hydroxylation is 1. The zero-order valence-corrected chi connectivity index (χ0v) is 17.7. The highest BCUT2D eigenvalue weighted by molar-refractivity contribution is 9.11. The molecule has 0 radical (unpaired) electrons. The van der Waals surface area contributed by atoms with Crippen LogP contribution >= 0.6 is 43.6 Å². The molecule has 1 aromatic rings. The normalized spacial score (nSPS) is 16.6. The number of carbonyl (C=O) groups excluding carboxylic acids is 4. The number of amides is 4. The summed E-state index contributed by atoms with van der Waals surface area (Å²) >= 11 is 7.68. The Balaban J connectivity index is 1.97. The highest BCUT2D eigenvalue weighted by Gasteiger charge is 2.32. The van der Waals surface area contributed by atoms with Crippen LogP contribution in [0.5, 0.6) is 0 Å². The third-order valence-electron chi connectivity index (χ3n) is 3.09. The van der Waals surface area contributed by atoms with Crippen LogP contribution in [0, 0.1) is 6.92 Å². The molecule has 4 amide bonds. The molecule has 0 spiro atoms. The first-order valence-electron chi connectivity index (χ1n) is 7.26. The summed E-state index contributed by atoms with van der Waals surface area (Å²) in [5.74, 6) is -2.39. The number of amidine groups is 1. The minimum absolute atomic E-state index is 0.0128. The summed E-state index contributed by atoms with van der Waals surface area (Å²) in [6, 6.07) is 2.38. The number of benzene rings is 1. The van der Waals surface area contributed by atoms with E-state index in [0.29, 0.717) is 5.69 Å². The minimum atomic E-state index is -1.34. The number of nitrogens with zero attached hydrogens (tertiary/aromatic N) is 1. The van der Waals surface area contributed by atoms with Gasteiger partial charge >= 0.3 is 0 Å². The van der Waals surface area contributed by atoms with Crippen LogP contribution in [0.15, 0.2) is 26.1 Å². The monoisotopic (exact) mass is 504 g/mol. The van der Waals surface area contributed by atoms with Crippen LogP contribution in [0.3, 0.4) is 0 Å². The van der Waals surface area contributed by atoms with Crippen molar-refractivity contribution < 1.29 is 19.2 Å². The van der Waals surface area contributed by atoms with Gasteiger partial charge in [0.05, 0.1) is 11.4 Å². The van der Waals surface area contributed by atoms with Crippen molar-refractivity contribution in [2.24, 2.45) is 4.99 Å². The Morgan fingerprint density at radius 1 is 1.27 bits per heavy atom. The number of rotatable bonds is 4. The molecular weight excluding hydrogens is 492 g/mol. The first kappa shape index (κ1) is 20.6. The summed E-state index contributed by atoms with van der Waals surface area (Å²) in [7, 11) is 0. The van der Waals surface area contributed by atoms with Crippen molar-refractivity contribution in [3.8, 4) is 0 Å². The van der Waals surface area contributed by atoms with Gasteiger partial charge in [-0.3, -0.25) is 19.2 Å². The molecule has 0 fully saturated rings. The van der Waals surface area contributed by atoms with Gasteiger partial charge in [-0.05, 0) is 56.5 Å². The highest BCUT2D eigenvalue weighted by Crippen LogP contribution is 2.32. The summed E-state index contributed by atoms with van der Waals surface area (Å²) in [5, 5.41) is 7.35. The van der Waals surface area contributed by atoms with Gasteiger partial charge in [-0.1, -0.05) is 11.8 Å². The van der Waals surface area contributed by atoms with E-state index in [1.54, 1.807) is 0 Å². The Hall–Kier alpha value is -1.72. The molecule has 0 saturated carbocycles. The quantitative estimate of drug-likeness (QED) is 0.538. The molecule has 138 valence electrons. The number of thioether (sulfide) groups is 1. The van der Waals surface area contributed by atoms with E-state index in [4.69, 9.17) is 0 Å². The third kappa shape index (κ3) is 5.39. The standard InChI is InChI=1S/C15H14Br2N4O4S/c1-6-3-8(16)11(9(17)4-6)19-10(23)5-26-15-20-13(24)12(14(25)21-15)18-7(2)22/h3-4,12H,5H2,1-2H3,(H,18,22)(H,19,23)(H,20,21,24,25). The van der Waals surface area contributed by atoms with Crippen molar-refractivity contribution in [1.29, 1.82) is 0 Å². The van der Waals surface area contributed by atoms with E-state index in [-0.39, 0.29) is 16.8 Å². The summed E-state index contributed by atoms with van der Waals surface area (Å²) in [4.78, 5) is 50.5. The molecule has 1 aliphatic rings. The lowest BCUT2D eigenvalue weighted by Gasteiger charge is -2.19. The van der Waals surface area contributed by atoms with Gasteiger partial charge in [0.1, 0.15) is 0 Å². The van der Waals surface area contributed by atoms with Crippen molar-refractivity contribution in [3.05, 3.63) is 26.6 Å². The predicted octanol–water partition coefficient (Wildman–Crippen LogP) is 1.71. The molecule has 1 aromatic carbocycles. The number of nitrogens with one attached hydrogen (secondary N) is 3. The first-order valence-corrected chi connectivity index (χ1v) is 9.83. The van der Waals surface area contributed by atoms with Gasteiger partial charge in [0.2, 0.25) is 11.8 Å². The van der Waals surface area contributed by atoms with Gasteiger partial charge in [0.15, 0.2) is 11.2 Å². The molecule has 1 atom stereocenters. The van der Waals surface area contributed by atoms with E-state index >= 15 is 0 Å². The van der Waals surface area contributed by atoms with E-state index in [1.807, 2.05) is 19.1 Å². The Morgan fingerprint density at radius 3 is 2.42 bits per heavy atom. The zero-order chi connectivity index (χ0) is 19.4. The molecule has 1 heterocycles. The second kappa shape index (κ2) is 8.78. The zero-order valence-electron chi connectivity index (χ0n) is 13.7. The van der Waals surface area contributed by atoms with Crippen LogP contribution in [0.1, 0.15) is 12.5 Å². The largest absolute Gasteiger partial charge is 0.337 e. The first-order chi connectivity index (χ1) is 12.2. The van der Waals surface area contributed by atoms with Gasteiger partial charge in [0.25, 0.3) is 11.8 Å². The number of anilines is 1. The van der Waals surface area contributed by atoms with Crippen molar-refractivity contribution in [2.75, 3.05) is 11.1 Å². The maximum atomic E-state index is 12.1. The molecule has 0 unspecified atom stereocenters. The smallest absolute Gasteiger partial charge is 0.280 e. The maximum absolute atomic E-state index is 12.1. The molecule has 2 rings (SSSR count). The third-order valence-corrected chi connectivity index (χ3v) is 5.21. The lowest BCUT2D eigenvalue weighted by molar-refractivity contribution is -0.134. The maximum Gasteiger partial charge on any atom is 0.280 e. The van der Waals surface area contributed by atoms with Gasteiger partial charge < -0.3 is 16.0 Å². The second-order valence-electron chi connectivity index (χ2n) is 5.32. The molecule has 1 aliphatic heterocycles. The highest BCUT2D eigenvalue weighted by atomic mass is 79.9. The topological polar surface area (TPSA) is 117 Å². The lowest BCUT2D eigenvalue weighted by atomic mass is 10.2. The molecule has 0 aliphatic carbocycles. The molecular formula is C15H14Br2N4O4S. The van der Waals surface area contributed by atoms with Gasteiger partial charge in [-0.25, -0.2) is 0 Å². The summed E-state index contributed by atoms with van der Waals surface area (Å²) in [6.07, 6.45) is 0. The average Bonchev–Trinajstić information content (AvgIpc) is 2.52. The van der Waals surface area contributed by atoms with E-state index in [2.05, 4.69) is 52.8 Å². The number of hydrogen-bond donors (Lipinski definition) is 3. The SMILES string of the molecule is CC(=O)N[C@H]1C(=O)N=C(SCC(=O)Nc2c(Br)cc(C)cc2Br)NC1=O. The fourth-order valence-electron chi connectivity index (χ4n) is 2.01. The molecule has 0 aromatic heterocycles. The number of hydrogen-bond acceptors (Lipinski definition) is 5. The van der Waals surface area contributed by atoms with Gasteiger partial charge in [-0.15, -0.1) is 0 Å². The Labute approximate surface area is 170 Å². The van der Waals surface area contributed by atoms with Crippen LogP contribution in [0.25, 0.3) is 0 Å². The molecule has 26 heavy (non-hydrogen) atoms. The molecule has 3 N–H and O–H groups in total. The second-order valence-corrected chi connectivity index (χ2v) is 7.99. The van der Waals surface area contributed by atoms with E-state index in [1.165, 1.54) is 6.92 Å². The van der Waals surface area contributed by atoms with Crippen molar-refractivity contribution in [3.63, 3.8) is 0 Å². The Bertz CT molecular complexity index is 805. The van der Waals surface area contributed by atoms with Crippen molar-refractivity contribution in [2.45, 2.75) is 19.9 Å². The van der Waals surface area contributed by atoms with Crippen LogP contribution < -0.4 is 16.0 Å². The van der Waals surface area contributed by atoms with Gasteiger partial charge in [0, 0.05) is 15.9 Å². The number of aliphatic imine (C=N–C) groups is 1. The predicted molar refractivity (Wildman–Crippen MR) is 106 cm³/mol. The number of carbonyl (C=O) groups is 4. The van der Waals surface area contributed by atoms with Crippen molar-refractivity contribution >= 4 is 78.1 Å². The van der Waals surface area contributed by atoms with Crippen LogP contribution in [0.4, 0.5) is 5.69 Å². The van der Waals surface area contributed by atoms with Gasteiger partial charge in [-0.2, -0.15) is 4.99 Å². The van der Waals surface area contributed by atoms with E-state index < -0.39 is 23.8 Å². The van der Waals surface area contributed by atoms with Crippen LogP contribution in [-0.2, 0) is 19.2 Å². The molecule has 0 saturated heterocycles. The van der Waals surface area contributed by atoms with E-state index in [0.717, 1.165) is 26.3 Å². The summed E-state index contributed by atoms with van der Waals surface area (Å²) in [5.41, 5.74) is 1.60. The lowest BCUT2D eigenvalue weighted by Crippen LogP contribution is -2.54. The van der Waals surface area contributed by atoms with E-state index in [9.17, 15) is 19.2 Å².